The molecule has 0 radical (unpaired) electrons. The Labute approximate surface area is 152 Å². The van der Waals surface area contributed by atoms with Gasteiger partial charge in [-0.1, -0.05) is 19.9 Å². The van der Waals surface area contributed by atoms with E-state index >= 15 is 0 Å². The number of nitrogens with one attached hydrogen (secondary N) is 1. The number of hydrogen-bond donors (Lipinski definition) is 1. The number of rotatable bonds is 5. The van der Waals surface area contributed by atoms with Gasteiger partial charge < -0.3 is 9.88 Å². The summed E-state index contributed by atoms with van der Waals surface area (Å²) in [6, 6.07) is 7.81. The number of anilines is 1. The lowest BCUT2D eigenvalue weighted by molar-refractivity contribution is 0.102. The maximum atomic E-state index is 12.5. The van der Waals surface area contributed by atoms with E-state index in [1.807, 2.05) is 4.57 Å². The van der Waals surface area contributed by atoms with Gasteiger partial charge in [-0.2, -0.15) is 0 Å². The van der Waals surface area contributed by atoms with Gasteiger partial charge >= 0.3 is 0 Å². The second-order valence-corrected chi connectivity index (χ2v) is 8.63. The fourth-order valence-electron chi connectivity index (χ4n) is 2.61. The Morgan fingerprint density at radius 3 is 2.69 bits per heavy atom. The van der Waals surface area contributed by atoms with Gasteiger partial charge in [-0.25, -0.2) is 18.4 Å². The number of benzene rings is 1. The first-order valence-corrected chi connectivity index (χ1v) is 10.1. The van der Waals surface area contributed by atoms with E-state index < -0.39 is 9.84 Å². The molecule has 2 aromatic heterocycles. The Morgan fingerprint density at radius 1 is 1.23 bits per heavy atom. The summed E-state index contributed by atoms with van der Waals surface area (Å²) in [7, 11) is -3.34. The van der Waals surface area contributed by atoms with Crippen LogP contribution in [0, 0.1) is 5.92 Å². The summed E-state index contributed by atoms with van der Waals surface area (Å²) >= 11 is 0. The zero-order valence-corrected chi connectivity index (χ0v) is 15.6. The quantitative estimate of drug-likeness (QED) is 0.743. The summed E-state index contributed by atoms with van der Waals surface area (Å²) < 4.78 is 25.2. The van der Waals surface area contributed by atoms with Gasteiger partial charge in [0, 0.05) is 24.7 Å². The summed E-state index contributed by atoms with van der Waals surface area (Å²) in [5, 5.41) is 2.70. The molecule has 8 heteroatoms. The number of fused-ring (bicyclic) bond motifs is 1. The van der Waals surface area contributed by atoms with E-state index in [1.54, 1.807) is 24.5 Å². The Kier molecular flexibility index (Phi) is 4.78. The lowest BCUT2D eigenvalue weighted by atomic mass is 10.2. The van der Waals surface area contributed by atoms with Crippen LogP contribution in [0.2, 0.25) is 0 Å². The molecule has 0 spiro atoms. The predicted molar refractivity (Wildman–Crippen MR) is 99.9 cm³/mol. The molecule has 0 saturated heterocycles. The molecule has 0 saturated carbocycles. The molecule has 0 aliphatic heterocycles. The smallest absolute Gasteiger partial charge is 0.257 e. The molecule has 1 amide bonds. The van der Waals surface area contributed by atoms with Crippen LogP contribution in [0.15, 0.2) is 47.8 Å². The topological polar surface area (TPSA) is 94.0 Å². The Hall–Kier alpha value is -2.74. The first kappa shape index (κ1) is 18.1. The molecule has 0 fully saturated rings. The van der Waals surface area contributed by atoms with Gasteiger partial charge in [0.05, 0.1) is 16.8 Å². The van der Waals surface area contributed by atoms with Crippen LogP contribution >= 0.6 is 0 Å². The molecule has 26 heavy (non-hydrogen) atoms. The van der Waals surface area contributed by atoms with Crippen molar-refractivity contribution in [3.8, 4) is 0 Å². The highest BCUT2D eigenvalue weighted by Crippen LogP contribution is 2.18. The minimum atomic E-state index is -3.34. The number of carbonyl (C=O) groups is 1. The minimum absolute atomic E-state index is 0.149. The van der Waals surface area contributed by atoms with Gasteiger partial charge in [-0.05, 0) is 30.2 Å². The van der Waals surface area contributed by atoms with E-state index in [-0.39, 0.29) is 10.8 Å². The van der Waals surface area contributed by atoms with Crippen LogP contribution in [-0.4, -0.2) is 35.1 Å². The lowest BCUT2D eigenvalue weighted by Gasteiger charge is -2.08. The number of pyridine rings is 1. The molecule has 1 N–H and O–H groups in total. The highest BCUT2D eigenvalue weighted by molar-refractivity contribution is 7.90. The number of amides is 1. The van der Waals surface area contributed by atoms with Crippen molar-refractivity contribution in [2.75, 3.05) is 11.6 Å². The number of carbonyl (C=O) groups excluding carboxylic acids is 1. The lowest BCUT2D eigenvalue weighted by Crippen LogP contribution is -2.13. The zero-order chi connectivity index (χ0) is 18.9. The van der Waals surface area contributed by atoms with Crippen molar-refractivity contribution in [3.05, 3.63) is 48.4 Å². The van der Waals surface area contributed by atoms with Gasteiger partial charge in [0.2, 0.25) is 0 Å². The normalized spacial score (nSPS) is 11.8. The van der Waals surface area contributed by atoms with Crippen LogP contribution < -0.4 is 5.32 Å². The van der Waals surface area contributed by atoms with Crippen LogP contribution in [-0.2, 0) is 16.4 Å². The third-order valence-corrected chi connectivity index (χ3v) is 4.91. The second kappa shape index (κ2) is 6.87. The van der Waals surface area contributed by atoms with Crippen LogP contribution in [0.5, 0.6) is 0 Å². The average Bonchev–Trinajstić information content (AvgIpc) is 2.96. The van der Waals surface area contributed by atoms with Crippen molar-refractivity contribution < 1.29 is 13.2 Å². The monoisotopic (exact) mass is 372 g/mol. The molecule has 0 atom stereocenters. The van der Waals surface area contributed by atoms with E-state index in [0.717, 1.165) is 18.4 Å². The fourth-order valence-corrected chi connectivity index (χ4v) is 3.27. The molecular formula is C18H20N4O3S. The molecule has 0 bridgehead atoms. The van der Waals surface area contributed by atoms with E-state index in [2.05, 4.69) is 29.1 Å². The first-order chi connectivity index (χ1) is 12.2. The molecule has 7 nitrogen and oxygen atoms in total. The molecule has 0 unspecified atom stereocenters. The number of imidazole rings is 1. The van der Waals surface area contributed by atoms with Crippen molar-refractivity contribution in [2.24, 2.45) is 5.92 Å². The van der Waals surface area contributed by atoms with Crippen LogP contribution in [0.25, 0.3) is 11.2 Å². The third-order valence-electron chi connectivity index (χ3n) is 3.80. The molecule has 3 aromatic rings. The molecular weight excluding hydrogens is 352 g/mol. The number of nitrogens with zero attached hydrogens (tertiary/aromatic N) is 3. The van der Waals surface area contributed by atoms with Gasteiger partial charge in [-0.15, -0.1) is 0 Å². The highest BCUT2D eigenvalue weighted by atomic mass is 32.2. The zero-order valence-electron chi connectivity index (χ0n) is 14.8. The van der Waals surface area contributed by atoms with Crippen molar-refractivity contribution >= 4 is 32.6 Å². The standard InChI is InChI=1S/C18H20N4O3S/c1-12(2)10-22-11-20-16-7-13(9-19-17(16)22)18(23)21-14-5-4-6-15(8-14)26(3,24)25/h4-9,11-12H,10H2,1-3H3,(H,21,23). The molecule has 1 aromatic carbocycles. The van der Waals surface area contributed by atoms with E-state index in [9.17, 15) is 13.2 Å². The predicted octanol–water partition coefficient (Wildman–Crippen LogP) is 2.74. The van der Waals surface area contributed by atoms with Gasteiger partial charge in [-0.3, -0.25) is 4.79 Å². The Morgan fingerprint density at radius 2 is 2.00 bits per heavy atom. The SMILES string of the molecule is CC(C)Cn1cnc2cc(C(=O)Nc3cccc(S(C)(=O)=O)c3)cnc21. The van der Waals surface area contributed by atoms with E-state index in [1.165, 1.54) is 18.3 Å². The number of hydrogen-bond acceptors (Lipinski definition) is 5. The Bertz CT molecular complexity index is 1070. The fraction of sp³-hybridized carbons (Fsp3) is 0.278. The van der Waals surface area contributed by atoms with Gasteiger partial charge in [0.25, 0.3) is 5.91 Å². The molecule has 2 heterocycles. The second-order valence-electron chi connectivity index (χ2n) is 6.61. The highest BCUT2D eigenvalue weighted by Gasteiger charge is 2.13. The largest absolute Gasteiger partial charge is 0.322 e. The van der Waals surface area contributed by atoms with Gasteiger partial charge in [0.1, 0.15) is 5.52 Å². The third kappa shape index (κ3) is 3.91. The summed E-state index contributed by atoms with van der Waals surface area (Å²) in [4.78, 5) is 21.3. The Balaban J connectivity index is 1.84. The van der Waals surface area contributed by atoms with Crippen molar-refractivity contribution in [3.63, 3.8) is 0 Å². The van der Waals surface area contributed by atoms with E-state index in [4.69, 9.17) is 0 Å². The summed E-state index contributed by atoms with van der Waals surface area (Å²) in [6.07, 6.45) is 4.34. The summed E-state index contributed by atoms with van der Waals surface area (Å²) in [5.74, 6) is 0.0859. The van der Waals surface area contributed by atoms with Gasteiger partial charge in [0.15, 0.2) is 15.5 Å². The van der Waals surface area contributed by atoms with Crippen molar-refractivity contribution in [2.45, 2.75) is 25.3 Å². The molecule has 136 valence electrons. The van der Waals surface area contributed by atoms with Crippen molar-refractivity contribution in [1.29, 1.82) is 0 Å². The summed E-state index contributed by atoms with van der Waals surface area (Å²) in [5.41, 5.74) is 2.14. The summed E-state index contributed by atoms with van der Waals surface area (Å²) in [6.45, 7) is 5.02. The average molecular weight is 372 g/mol. The maximum absolute atomic E-state index is 12.5. The first-order valence-electron chi connectivity index (χ1n) is 8.16. The van der Waals surface area contributed by atoms with Crippen LogP contribution in [0.1, 0.15) is 24.2 Å². The number of aromatic nitrogens is 3. The molecule has 0 aliphatic carbocycles. The van der Waals surface area contributed by atoms with Crippen molar-refractivity contribution in [1.82, 2.24) is 14.5 Å². The van der Waals surface area contributed by atoms with Crippen LogP contribution in [0.4, 0.5) is 5.69 Å². The molecule has 3 rings (SSSR count). The number of sulfone groups is 1. The van der Waals surface area contributed by atoms with Crippen LogP contribution in [0.3, 0.4) is 0 Å². The maximum Gasteiger partial charge on any atom is 0.257 e. The minimum Gasteiger partial charge on any atom is -0.322 e. The molecule has 0 aliphatic rings. The van der Waals surface area contributed by atoms with E-state index in [0.29, 0.717) is 22.7 Å².